The summed E-state index contributed by atoms with van der Waals surface area (Å²) in [4.78, 5) is 4.82. The fraction of sp³-hybridized carbons (Fsp3) is 0.250. The van der Waals surface area contributed by atoms with Crippen LogP contribution in [0, 0.1) is 5.82 Å². The summed E-state index contributed by atoms with van der Waals surface area (Å²) in [5, 5.41) is 10.0. The van der Waals surface area contributed by atoms with E-state index in [-0.39, 0.29) is 5.56 Å². The topological polar surface area (TPSA) is 42.4 Å². The number of nitrogens with zero attached hydrogens (tertiary/aromatic N) is 1. The van der Waals surface area contributed by atoms with Crippen molar-refractivity contribution in [2.24, 2.45) is 0 Å². The molecule has 1 atom stereocenters. The standard InChI is InChI=1S/C12H12FNO2S/c1-16-11-4-2-3-9(13)12(11)10(15)5-8-6-14-7-17-8/h2-4,6-7,10,15H,5H2,1H3. The van der Waals surface area contributed by atoms with Crippen molar-refractivity contribution in [3.05, 3.63) is 46.2 Å². The van der Waals surface area contributed by atoms with Gasteiger partial charge in [-0.15, -0.1) is 11.3 Å². The van der Waals surface area contributed by atoms with E-state index in [4.69, 9.17) is 4.74 Å². The third-order valence-electron chi connectivity index (χ3n) is 2.44. The molecule has 1 aromatic carbocycles. The molecule has 0 saturated carbocycles. The van der Waals surface area contributed by atoms with E-state index in [0.717, 1.165) is 4.88 Å². The lowest BCUT2D eigenvalue weighted by molar-refractivity contribution is 0.169. The highest BCUT2D eigenvalue weighted by atomic mass is 32.1. The zero-order chi connectivity index (χ0) is 12.3. The number of hydrogen-bond acceptors (Lipinski definition) is 4. The number of rotatable bonds is 4. The molecule has 0 aliphatic heterocycles. The van der Waals surface area contributed by atoms with E-state index in [0.29, 0.717) is 12.2 Å². The Morgan fingerprint density at radius 2 is 2.35 bits per heavy atom. The van der Waals surface area contributed by atoms with Crippen LogP contribution in [0.2, 0.25) is 0 Å². The monoisotopic (exact) mass is 253 g/mol. The van der Waals surface area contributed by atoms with E-state index in [1.807, 2.05) is 0 Å². The zero-order valence-corrected chi connectivity index (χ0v) is 10.1. The molecule has 0 bridgehead atoms. The van der Waals surface area contributed by atoms with Crippen LogP contribution in [0.3, 0.4) is 0 Å². The first-order chi connectivity index (χ1) is 8.22. The van der Waals surface area contributed by atoms with Crippen molar-refractivity contribution in [2.45, 2.75) is 12.5 Å². The minimum absolute atomic E-state index is 0.198. The molecule has 2 aromatic rings. The molecule has 3 nitrogen and oxygen atoms in total. The molecule has 0 fully saturated rings. The van der Waals surface area contributed by atoms with Gasteiger partial charge in [0, 0.05) is 17.5 Å². The number of benzene rings is 1. The number of halogens is 1. The van der Waals surface area contributed by atoms with Gasteiger partial charge in [0.05, 0.1) is 24.3 Å². The van der Waals surface area contributed by atoms with E-state index in [9.17, 15) is 9.50 Å². The Hall–Kier alpha value is -1.46. The highest BCUT2D eigenvalue weighted by Crippen LogP contribution is 2.30. The van der Waals surface area contributed by atoms with Gasteiger partial charge in [-0.05, 0) is 12.1 Å². The summed E-state index contributed by atoms with van der Waals surface area (Å²) < 4.78 is 18.7. The SMILES string of the molecule is COc1cccc(F)c1C(O)Cc1cncs1. The van der Waals surface area contributed by atoms with Crippen LogP contribution in [-0.2, 0) is 6.42 Å². The molecule has 0 spiro atoms. The van der Waals surface area contributed by atoms with Crippen molar-refractivity contribution in [1.29, 1.82) is 0 Å². The molecule has 1 heterocycles. The van der Waals surface area contributed by atoms with Crippen molar-refractivity contribution in [2.75, 3.05) is 7.11 Å². The van der Waals surface area contributed by atoms with Gasteiger partial charge in [-0.25, -0.2) is 4.39 Å². The van der Waals surface area contributed by atoms with Crippen LogP contribution in [-0.4, -0.2) is 17.2 Å². The molecule has 0 amide bonds. The predicted molar refractivity (Wildman–Crippen MR) is 63.7 cm³/mol. The van der Waals surface area contributed by atoms with E-state index in [1.54, 1.807) is 23.8 Å². The van der Waals surface area contributed by atoms with Gasteiger partial charge < -0.3 is 9.84 Å². The minimum Gasteiger partial charge on any atom is -0.496 e. The Kier molecular flexibility index (Phi) is 3.71. The van der Waals surface area contributed by atoms with Crippen molar-refractivity contribution < 1.29 is 14.2 Å². The lowest BCUT2D eigenvalue weighted by atomic mass is 10.0. The first kappa shape index (κ1) is 12.0. The average molecular weight is 253 g/mol. The molecule has 2 rings (SSSR count). The van der Waals surface area contributed by atoms with E-state index >= 15 is 0 Å². The number of ether oxygens (including phenoxy) is 1. The molecule has 0 aliphatic rings. The number of methoxy groups -OCH3 is 1. The van der Waals surface area contributed by atoms with Gasteiger partial charge in [-0.3, -0.25) is 4.98 Å². The van der Waals surface area contributed by atoms with Crippen LogP contribution < -0.4 is 4.74 Å². The molecule has 5 heteroatoms. The maximum Gasteiger partial charge on any atom is 0.132 e. The van der Waals surface area contributed by atoms with Crippen LogP contribution >= 0.6 is 11.3 Å². The first-order valence-corrected chi connectivity index (χ1v) is 5.98. The summed E-state index contributed by atoms with van der Waals surface area (Å²) in [7, 11) is 1.46. The molecule has 0 saturated heterocycles. The largest absolute Gasteiger partial charge is 0.496 e. The van der Waals surface area contributed by atoms with E-state index < -0.39 is 11.9 Å². The Morgan fingerprint density at radius 3 is 3.00 bits per heavy atom. The molecular formula is C12H12FNO2S. The normalized spacial score (nSPS) is 12.4. The van der Waals surface area contributed by atoms with Gasteiger partial charge in [0.2, 0.25) is 0 Å². The highest BCUT2D eigenvalue weighted by Gasteiger charge is 2.18. The number of thiazole rings is 1. The second kappa shape index (κ2) is 5.25. The summed E-state index contributed by atoms with van der Waals surface area (Å²) in [6.07, 6.45) is 1.08. The van der Waals surface area contributed by atoms with Gasteiger partial charge in [0.25, 0.3) is 0 Å². The summed E-state index contributed by atoms with van der Waals surface area (Å²) in [6.45, 7) is 0. The first-order valence-electron chi connectivity index (χ1n) is 5.10. The van der Waals surface area contributed by atoms with E-state index in [1.165, 1.54) is 24.5 Å². The smallest absolute Gasteiger partial charge is 0.132 e. The second-order valence-electron chi connectivity index (χ2n) is 3.54. The van der Waals surface area contributed by atoms with Gasteiger partial charge in [-0.2, -0.15) is 0 Å². The van der Waals surface area contributed by atoms with Crippen molar-refractivity contribution in [1.82, 2.24) is 4.98 Å². The molecule has 90 valence electrons. The maximum atomic E-state index is 13.7. The summed E-state index contributed by atoms with van der Waals surface area (Å²) in [6, 6.07) is 4.50. The Bertz CT molecular complexity index is 487. The van der Waals surface area contributed by atoms with Crippen LogP contribution in [0.5, 0.6) is 5.75 Å². The van der Waals surface area contributed by atoms with Crippen LogP contribution in [0.25, 0.3) is 0 Å². The quantitative estimate of drug-likeness (QED) is 0.910. The number of aliphatic hydroxyl groups is 1. The molecule has 17 heavy (non-hydrogen) atoms. The maximum absolute atomic E-state index is 13.7. The Labute approximate surface area is 103 Å². The lowest BCUT2D eigenvalue weighted by Crippen LogP contribution is -2.06. The zero-order valence-electron chi connectivity index (χ0n) is 9.26. The molecule has 1 unspecified atom stereocenters. The summed E-state index contributed by atoms with van der Waals surface area (Å²) in [5.41, 5.74) is 1.88. The van der Waals surface area contributed by atoms with Crippen LogP contribution in [0.4, 0.5) is 4.39 Å². The second-order valence-corrected chi connectivity index (χ2v) is 4.51. The molecule has 1 aromatic heterocycles. The van der Waals surface area contributed by atoms with Crippen molar-refractivity contribution >= 4 is 11.3 Å². The van der Waals surface area contributed by atoms with Crippen LogP contribution in [0.15, 0.2) is 29.9 Å². The van der Waals surface area contributed by atoms with Crippen molar-refractivity contribution in [3.63, 3.8) is 0 Å². The third-order valence-corrected chi connectivity index (χ3v) is 3.25. The number of hydrogen-bond donors (Lipinski definition) is 1. The number of aliphatic hydroxyl groups excluding tert-OH is 1. The number of aromatic nitrogens is 1. The van der Waals surface area contributed by atoms with Gasteiger partial charge >= 0.3 is 0 Å². The predicted octanol–water partition coefficient (Wildman–Crippen LogP) is 2.57. The van der Waals surface area contributed by atoms with Gasteiger partial charge in [0.15, 0.2) is 0 Å². The molecular weight excluding hydrogens is 241 g/mol. The van der Waals surface area contributed by atoms with E-state index in [2.05, 4.69) is 4.98 Å². The fourth-order valence-corrected chi connectivity index (χ4v) is 2.29. The van der Waals surface area contributed by atoms with Gasteiger partial charge in [0.1, 0.15) is 11.6 Å². The minimum atomic E-state index is -0.924. The lowest BCUT2D eigenvalue weighted by Gasteiger charge is -2.14. The average Bonchev–Trinajstić information content (AvgIpc) is 2.81. The summed E-state index contributed by atoms with van der Waals surface area (Å²) in [5.74, 6) is -0.0941. The van der Waals surface area contributed by atoms with Crippen molar-refractivity contribution in [3.8, 4) is 5.75 Å². The van der Waals surface area contributed by atoms with Crippen LogP contribution in [0.1, 0.15) is 16.5 Å². The Morgan fingerprint density at radius 1 is 1.53 bits per heavy atom. The fourth-order valence-electron chi connectivity index (χ4n) is 1.65. The molecule has 0 radical (unpaired) electrons. The third kappa shape index (κ3) is 2.62. The molecule has 0 aliphatic carbocycles. The summed E-state index contributed by atoms with van der Waals surface area (Å²) >= 11 is 1.43. The van der Waals surface area contributed by atoms with Gasteiger partial charge in [-0.1, -0.05) is 6.07 Å². The Balaban J connectivity index is 2.26. The molecule has 1 N–H and O–H groups in total. The highest BCUT2D eigenvalue weighted by molar-refractivity contribution is 7.09.